The van der Waals surface area contributed by atoms with Crippen LogP contribution in [0.5, 0.6) is 0 Å². The minimum absolute atomic E-state index is 0.196. The number of halogens is 1. The van der Waals surface area contributed by atoms with Crippen LogP contribution in [0.3, 0.4) is 0 Å². The largest absolute Gasteiger partial charge is 0.298 e. The summed E-state index contributed by atoms with van der Waals surface area (Å²) in [5.74, 6) is 0.628. The van der Waals surface area contributed by atoms with Gasteiger partial charge in [-0.3, -0.25) is 4.79 Å². The van der Waals surface area contributed by atoms with E-state index in [1.165, 1.54) is 0 Å². The molecule has 1 saturated carbocycles. The molecule has 0 saturated heterocycles. The third-order valence-electron chi connectivity index (χ3n) is 1.89. The molecule has 52 valence electrons. The van der Waals surface area contributed by atoms with E-state index in [4.69, 9.17) is 11.6 Å². The summed E-state index contributed by atoms with van der Waals surface area (Å²) in [5.41, 5.74) is 0. The summed E-state index contributed by atoms with van der Waals surface area (Å²) in [6.07, 6.45) is 2.83. The standard InChI is InChI=1S/C7H11ClO/c1-5-3-2-4-6(9)7(5)8/h5,7H,2-4H2,1H3. The molecule has 0 N–H and O–H groups in total. The van der Waals surface area contributed by atoms with Crippen molar-refractivity contribution in [2.75, 3.05) is 0 Å². The Bertz CT molecular complexity index is 122. The van der Waals surface area contributed by atoms with Crippen molar-refractivity contribution < 1.29 is 4.79 Å². The third-order valence-corrected chi connectivity index (χ3v) is 2.56. The maximum atomic E-state index is 10.9. The summed E-state index contributed by atoms with van der Waals surface area (Å²) in [5, 5.41) is -0.196. The van der Waals surface area contributed by atoms with E-state index in [1.807, 2.05) is 6.92 Å². The van der Waals surface area contributed by atoms with Crippen LogP contribution in [0.4, 0.5) is 0 Å². The molecule has 1 aliphatic carbocycles. The Hall–Kier alpha value is -0.0400. The van der Waals surface area contributed by atoms with Gasteiger partial charge in [-0.1, -0.05) is 6.92 Å². The zero-order chi connectivity index (χ0) is 6.85. The lowest BCUT2D eigenvalue weighted by Gasteiger charge is -2.21. The Kier molecular flexibility index (Phi) is 2.12. The highest BCUT2D eigenvalue weighted by Crippen LogP contribution is 2.24. The van der Waals surface area contributed by atoms with E-state index < -0.39 is 0 Å². The van der Waals surface area contributed by atoms with Crippen LogP contribution in [0, 0.1) is 5.92 Å². The maximum absolute atomic E-state index is 10.9. The normalized spacial score (nSPS) is 36.9. The molecule has 9 heavy (non-hydrogen) atoms. The summed E-state index contributed by atoms with van der Waals surface area (Å²) in [4.78, 5) is 10.9. The summed E-state index contributed by atoms with van der Waals surface area (Å²) in [6, 6.07) is 0. The van der Waals surface area contributed by atoms with E-state index in [9.17, 15) is 4.79 Å². The van der Waals surface area contributed by atoms with Gasteiger partial charge >= 0.3 is 0 Å². The molecule has 1 nitrogen and oxygen atoms in total. The first kappa shape index (κ1) is 7.07. The van der Waals surface area contributed by atoms with Crippen molar-refractivity contribution in [3.8, 4) is 0 Å². The molecule has 1 fully saturated rings. The summed E-state index contributed by atoms with van der Waals surface area (Å²) >= 11 is 5.77. The molecular formula is C7H11ClO. The van der Waals surface area contributed by atoms with E-state index in [2.05, 4.69) is 0 Å². The molecule has 0 spiro atoms. The number of rotatable bonds is 0. The molecule has 1 aliphatic rings. The number of carbonyl (C=O) groups excluding carboxylic acids is 1. The van der Waals surface area contributed by atoms with Gasteiger partial charge in [-0.15, -0.1) is 11.6 Å². The first-order valence-corrected chi connectivity index (χ1v) is 3.82. The zero-order valence-corrected chi connectivity index (χ0v) is 6.32. The number of carbonyl (C=O) groups is 1. The molecule has 1 rings (SSSR count). The Morgan fingerprint density at radius 2 is 2.33 bits per heavy atom. The smallest absolute Gasteiger partial charge is 0.150 e. The average molecular weight is 147 g/mol. The van der Waals surface area contributed by atoms with E-state index in [0.29, 0.717) is 12.3 Å². The molecule has 0 aliphatic heterocycles. The molecule has 0 bridgehead atoms. The van der Waals surface area contributed by atoms with Crippen LogP contribution >= 0.6 is 11.6 Å². The minimum atomic E-state index is -0.196. The number of Topliss-reactive ketones (excluding diaryl/α,β-unsaturated/α-hetero) is 1. The van der Waals surface area contributed by atoms with E-state index in [-0.39, 0.29) is 11.2 Å². The highest BCUT2D eigenvalue weighted by molar-refractivity contribution is 6.31. The number of alkyl halides is 1. The third kappa shape index (κ3) is 1.45. The molecule has 0 aromatic carbocycles. The van der Waals surface area contributed by atoms with Gasteiger partial charge in [-0.25, -0.2) is 0 Å². The fraction of sp³-hybridized carbons (Fsp3) is 0.857. The topological polar surface area (TPSA) is 17.1 Å². The highest BCUT2D eigenvalue weighted by atomic mass is 35.5. The van der Waals surface area contributed by atoms with E-state index in [0.717, 1.165) is 12.8 Å². The fourth-order valence-corrected chi connectivity index (χ4v) is 1.43. The van der Waals surface area contributed by atoms with Gasteiger partial charge < -0.3 is 0 Å². The van der Waals surface area contributed by atoms with Crippen molar-refractivity contribution in [1.82, 2.24) is 0 Å². The fourth-order valence-electron chi connectivity index (χ4n) is 1.20. The Morgan fingerprint density at radius 3 is 2.78 bits per heavy atom. The van der Waals surface area contributed by atoms with Gasteiger partial charge in [0.2, 0.25) is 0 Å². The van der Waals surface area contributed by atoms with Gasteiger partial charge in [0, 0.05) is 6.42 Å². The summed E-state index contributed by atoms with van der Waals surface area (Å²) in [6.45, 7) is 2.04. The lowest BCUT2D eigenvalue weighted by molar-refractivity contribution is -0.120. The molecule has 0 aromatic heterocycles. The lowest BCUT2D eigenvalue weighted by Crippen LogP contribution is -2.26. The molecular weight excluding hydrogens is 136 g/mol. The minimum Gasteiger partial charge on any atom is -0.298 e. The second-order valence-electron chi connectivity index (χ2n) is 2.74. The Balaban J connectivity index is 2.51. The van der Waals surface area contributed by atoms with E-state index >= 15 is 0 Å². The first-order chi connectivity index (χ1) is 4.22. The van der Waals surface area contributed by atoms with Gasteiger partial charge in [0.15, 0.2) is 5.78 Å². The van der Waals surface area contributed by atoms with Gasteiger partial charge in [-0.05, 0) is 18.8 Å². The molecule has 0 radical (unpaired) electrons. The quantitative estimate of drug-likeness (QED) is 0.478. The van der Waals surface area contributed by atoms with Crippen LogP contribution in [-0.2, 0) is 4.79 Å². The Labute approximate surface area is 60.4 Å². The van der Waals surface area contributed by atoms with Crippen molar-refractivity contribution in [1.29, 1.82) is 0 Å². The molecule has 2 heteroatoms. The molecule has 0 aromatic rings. The monoisotopic (exact) mass is 146 g/mol. The van der Waals surface area contributed by atoms with Crippen LogP contribution in [0.2, 0.25) is 0 Å². The number of ketones is 1. The van der Waals surface area contributed by atoms with Gasteiger partial charge in [0.05, 0.1) is 5.38 Å². The van der Waals surface area contributed by atoms with Crippen molar-refractivity contribution in [3.63, 3.8) is 0 Å². The highest BCUT2D eigenvalue weighted by Gasteiger charge is 2.25. The Morgan fingerprint density at radius 1 is 1.67 bits per heavy atom. The van der Waals surface area contributed by atoms with Gasteiger partial charge in [0.25, 0.3) is 0 Å². The predicted octanol–water partition coefficient (Wildman–Crippen LogP) is 1.98. The molecule has 0 heterocycles. The van der Waals surface area contributed by atoms with Crippen molar-refractivity contribution in [3.05, 3.63) is 0 Å². The van der Waals surface area contributed by atoms with Crippen LogP contribution in [0.1, 0.15) is 26.2 Å². The summed E-state index contributed by atoms with van der Waals surface area (Å²) in [7, 11) is 0. The predicted molar refractivity (Wildman–Crippen MR) is 37.7 cm³/mol. The van der Waals surface area contributed by atoms with Crippen LogP contribution in [0.15, 0.2) is 0 Å². The van der Waals surface area contributed by atoms with Crippen molar-refractivity contribution in [2.45, 2.75) is 31.6 Å². The second kappa shape index (κ2) is 2.70. The van der Waals surface area contributed by atoms with E-state index in [1.54, 1.807) is 0 Å². The SMILES string of the molecule is CC1CCCC(=O)C1Cl. The van der Waals surface area contributed by atoms with Crippen molar-refractivity contribution >= 4 is 17.4 Å². The zero-order valence-electron chi connectivity index (χ0n) is 5.56. The number of hydrogen-bond donors (Lipinski definition) is 0. The van der Waals surface area contributed by atoms with Crippen LogP contribution < -0.4 is 0 Å². The first-order valence-electron chi connectivity index (χ1n) is 3.38. The molecule has 2 unspecified atom stereocenters. The average Bonchev–Trinajstić information content (AvgIpc) is 1.83. The van der Waals surface area contributed by atoms with Gasteiger partial charge in [-0.2, -0.15) is 0 Å². The maximum Gasteiger partial charge on any atom is 0.150 e. The van der Waals surface area contributed by atoms with Crippen molar-refractivity contribution in [2.24, 2.45) is 5.92 Å². The van der Waals surface area contributed by atoms with Crippen LogP contribution in [-0.4, -0.2) is 11.2 Å². The molecule has 0 amide bonds. The number of hydrogen-bond acceptors (Lipinski definition) is 1. The van der Waals surface area contributed by atoms with Crippen LogP contribution in [0.25, 0.3) is 0 Å². The summed E-state index contributed by atoms with van der Waals surface area (Å²) < 4.78 is 0. The second-order valence-corrected chi connectivity index (χ2v) is 3.21. The molecule has 2 atom stereocenters. The lowest BCUT2D eigenvalue weighted by atomic mass is 9.89. The van der Waals surface area contributed by atoms with Gasteiger partial charge in [0.1, 0.15) is 0 Å².